The summed E-state index contributed by atoms with van der Waals surface area (Å²) in [5.74, 6) is -0.488. The maximum atomic E-state index is 13.9. The van der Waals surface area contributed by atoms with E-state index in [9.17, 15) is 14.3 Å². The van der Waals surface area contributed by atoms with Gasteiger partial charge in [-0.05, 0) is 60.6 Å². The molecule has 1 aromatic carbocycles. The first-order valence-electron chi connectivity index (χ1n) is 9.38. The average Bonchev–Trinajstić information content (AvgIpc) is 2.78. The molecule has 2 aliphatic rings. The molecule has 1 N–H and O–H groups in total. The van der Waals surface area contributed by atoms with Crippen LogP contribution < -0.4 is 5.46 Å². The van der Waals surface area contributed by atoms with Gasteiger partial charge in [0.15, 0.2) is 0 Å². The van der Waals surface area contributed by atoms with E-state index in [0.29, 0.717) is 17.3 Å². The Morgan fingerprint density at radius 3 is 2.04 bits per heavy atom. The Kier molecular flexibility index (Phi) is 6.52. The number of aldehydes is 1. The van der Waals surface area contributed by atoms with Crippen LogP contribution in [0.5, 0.6) is 0 Å². The molecule has 0 saturated carbocycles. The summed E-state index contributed by atoms with van der Waals surface area (Å²) in [5.41, 5.74) is -0.778. The molecule has 27 heavy (non-hydrogen) atoms. The second-order valence-corrected chi connectivity index (χ2v) is 8.79. The average molecular weight is 379 g/mol. The van der Waals surface area contributed by atoms with Gasteiger partial charge in [-0.2, -0.15) is 0 Å². The van der Waals surface area contributed by atoms with Crippen molar-refractivity contribution in [3.63, 3.8) is 0 Å². The predicted molar refractivity (Wildman–Crippen MR) is 105 cm³/mol. The molecule has 0 amide bonds. The molecule has 0 unspecified atom stereocenters. The van der Waals surface area contributed by atoms with Crippen molar-refractivity contribution in [2.75, 3.05) is 20.1 Å². The fourth-order valence-corrected chi connectivity index (χ4v) is 2.88. The van der Waals surface area contributed by atoms with Gasteiger partial charge < -0.3 is 19.3 Å². The maximum absolute atomic E-state index is 13.9. The largest absolute Gasteiger partial charge is 0.497 e. The first kappa shape index (κ1) is 22.0. The summed E-state index contributed by atoms with van der Waals surface area (Å²) in [6, 6.07) is 4.27. The summed E-state index contributed by atoms with van der Waals surface area (Å²) in [4.78, 5) is 12.8. The Morgan fingerprint density at radius 2 is 1.63 bits per heavy atom. The second-order valence-electron chi connectivity index (χ2n) is 8.79. The van der Waals surface area contributed by atoms with Gasteiger partial charge in [0.2, 0.25) is 0 Å². The van der Waals surface area contributed by atoms with Crippen LogP contribution in [0.1, 0.15) is 57.8 Å². The normalized spacial score (nSPS) is 23.5. The highest BCUT2D eigenvalue weighted by Crippen LogP contribution is 2.36. The number of rotatable bonds is 2. The van der Waals surface area contributed by atoms with E-state index >= 15 is 0 Å². The third-order valence-corrected chi connectivity index (χ3v) is 5.73. The lowest BCUT2D eigenvalue weighted by Gasteiger charge is -2.33. The molecule has 2 aliphatic heterocycles. The number of likely N-dealkylation sites (tertiary alicyclic amines) is 1. The summed E-state index contributed by atoms with van der Waals surface area (Å²) < 4.78 is 25.4. The zero-order valence-electron chi connectivity index (χ0n) is 17.2. The van der Waals surface area contributed by atoms with Crippen molar-refractivity contribution in [2.45, 2.75) is 64.3 Å². The zero-order valence-corrected chi connectivity index (χ0v) is 17.2. The van der Waals surface area contributed by atoms with Crippen LogP contribution in [0.2, 0.25) is 0 Å². The van der Waals surface area contributed by atoms with E-state index in [4.69, 9.17) is 9.31 Å². The highest BCUT2D eigenvalue weighted by atomic mass is 19.1. The monoisotopic (exact) mass is 379 g/mol. The standard InChI is InChI=1S/C13H16BFO3.C7H15NO/c1-12(2)13(3,4)18-14(17-12)10-6-5-9(8-16)7-11(10)15;1-7(9)3-5-8(2)6-4-7/h5-8H,1-4H3;9H,3-6H2,1-2H3. The zero-order chi connectivity index (χ0) is 20.5. The summed E-state index contributed by atoms with van der Waals surface area (Å²) in [5, 5.41) is 9.47. The van der Waals surface area contributed by atoms with Crippen molar-refractivity contribution in [3.05, 3.63) is 29.6 Å². The van der Waals surface area contributed by atoms with Crippen LogP contribution in [0.3, 0.4) is 0 Å². The Hall–Kier alpha value is -1.28. The van der Waals surface area contributed by atoms with E-state index in [1.54, 1.807) is 6.07 Å². The second kappa shape index (κ2) is 7.99. The highest BCUT2D eigenvalue weighted by Gasteiger charge is 2.52. The van der Waals surface area contributed by atoms with Gasteiger partial charge in [-0.1, -0.05) is 12.1 Å². The van der Waals surface area contributed by atoms with Crippen LogP contribution in [-0.4, -0.2) is 60.4 Å². The first-order chi connectivity index (χ1) is 12.4. The molecular weight excluding hydrogens is 348 g/mol. The molecule has 150 valence electrons. The SMILES string of the molecule is CC1(C)OB(c2ccc(C=O)cc2F)OC1(C)C.CN1CCC(C)(O)CC1. The highest BCUT2D eigenvalue weighted by molar-refractivity contribution is 6.62. The van der Waals surface area contributed by atoms with E-state index in [-0.39, 0.29) is 5.60 Å². The van der Waals surface area contributed by atoms with Gasteiger partial charge in [0.25, 0.3) is 0 Å². The van der Waals surface area contributed by atoms with Gasteiger partial charge >= 0.3 is 7.12 Å². The molecule has 0 atom stereocenters. The van der Waals surface area contributed by atoms with Gasteiger partial charge in [-0.25, -0.2) is 4.39 Å². The summed E-state index contributed by atoms with van der Waals surface area (Å²) in [6.07, 6.45) is 2.45. The number of hydrogen-bond acceptors (Lipinski definition) is 5. The minimum absolute atomic E-state index is 0.299. The molecule has 2 heterocycles. The molecule has 7 heteroatoms. The number of aliphatic hydroxyl groups is 1. The van der Waals surface area contributed by atoms with Crippen molar-refractivity contribution in [3.8, 4) is 0 Å². The Balaban J connectivity index is 0.000000244. The first-order valence-corrected chi connectivity index (χ1v) is 9.38. The van der Waals surface area contributed by atoms with Crippen LogP contribution >= 0.6 is 0 Å². The van der Waals surface area contributed by atoms with Gasteiger partial charge in [0.05, 0.1) is 16.8 Å². The van der Waals surface area contributed by atoms with Gasteiger partial charge in [0.1, 0.15) is 12.1 Å². The van der Waals surface area contributed by atoms with Crippen molar-refractivity contribution in [2.24, 2.45) is 0 Å². The number of nitrogens with zero attached hydrogens (tertiary/aromatic N) is 1. The molecular formula is C20H31BFNO4. The minimum atomic E-state index is -0.740. The summed E-state index contributed by atoms with van der Waals surface area (Å²) in [6.45, 7) is 11.6. The number of benzene rings is 1. The number of piperidine rings is 1. The molecule has 2 fully saturated rings. The van der Waals surface area contributed by atoms with Crippen LogP contribution in [0.15, 0.2) is 18.2 Å². The van der Waals surface area contributed by atoms with Gasteiger partial charge in [0, 0.05) is 24.1 Å². The lowest BCUT2D eigenvalue weighted by atomic mass is 9.78. The molecule has 3 rings (SSSR count). The van der Waals surface area contributed by atoms with Crippen LogP contribution in [0.25, 0.3) is 0 Å². The Morgan fingerprint density at radius 1 is 1.11 bits per heavy atom. The molecule has 0 spiro atoms. The van der Waals surface area contributed by atoms with Crippen molar-refractivity contribution in [1.29, 1.82) is 0 Å². The predicted octanol–water partition coefficient (Wildman–Crippen LogP) is 2.40. The molecule has 2 saturated heterocycles. The topological polar surface area (TPSA) is 59.0 Å². The molecule has 0 bridgehead atoms. The minimum Gasteiger partial charge on any atom is -0.399 e. The molecule has 0 radical (unpaired) electrons. The number of carbonyl (C=O) groups is 1. The molecule has 0 aromatic heterocycles. The van der Waals surface area contributed by atoms with Crippen LogP contribution in [0.4, 0.5) is 4.39 Å². The van der Waals surface area contributed by atoms with Gasteiger partial charge in [-0.15, -0.1) is 0 Å². The number of hydrogen-bond donors (Lipinski definition) is 1. The number of halogens is 1. The van der Waals surface area contributed by atoms with E-state index in [1.165, 1.54) is 12.1 Å². The summed E-state index contributed by atoms with van der Waals surface area (Å²) in [7, 11) is 1.35. The smallest absolute Gasteiger partial charge is 0.399 e. The van der Waals surface area contributed by atoms with Crippen LogP contribution in [-0.2, 0) is 9.31 Å². The lowest BCUT2D eigenvalue weighted by Crippen LogP contribution is -2.41. The Bertz CT molecular complexity index is 652. The van der Waals surface area contributed by atoms with Gasteiger partial charge in [-0.3, -0.25) is 4.79 Å². The molecule has 1 aromatic rings. The van der Waals surface area contributed by atoms with E-state index < -0.39 is 24.1 Å². The van der Waals surface area contributed by atoms with E-state index in [0.717, 1.165) is 25.9 Å². The molecule has 5 nitrogen and oxygen atoms in total. The maximum Gasteiger partial charge on any atom is 0.497 e. The van der Waals surface area contributed by atoms with Crippen molar-refractivity contribution >= 4 is 18.9 Å². The van der Waals surface area contributed by atoms with Crippen LogP contribution in [0, 0.1) is 5.82 Å². The van der Waals surface area contributed by atoms with E-state index in [1.807, 2.05) is 34.6 Å². The lowest BCUT2D eigenvalue weighted by molar-refractivity contribution is 0.000995. The fourth-order valence-electron chi connectivity index (χ4n) is 2.88. The number of carbonyl (C=O) groups excluding carboxylic acids is 1. The Labute approximate surface area is 162 Å². The van der Waals surface area contributed by atoms with Crippen molar-refractivity contribution in [1.82, 2.24) is 4.90 Å². The van der Waals surface area contributed by atoms with E-state index in [2.05, 4.69) is 11.9 Å². The fraction of sp³-hybridized carbons (Fsp3) is 0.650. The molecule has 0 aliphatic carbocycles. The third-order valence-electron chi connectivity index (χ3n) is 5.73. The third kappa shape index (κ3) is 5.38. The summed E-state index contributed by atoms with van der Waals surface area (Å²) >= 11 is 0. The quantitative estimate of drug-likeness (QED) is 0.632. The van der Waals surface area contributed by atoms with Crippen molar-refractivity contribution < 1.29 is 23.6 Å².